The van der Waals surface area contributed by atoms with Gasteiger partial charge >= 0.3 is 0 Å². The van der Waals surface area contributed by atoms with Crippen molar-refractivity contribution in [3.63, 3.8) is 0 Å². The molecule has 0 bridgehead atoms. The number of hydrogen-bond donors (Lipinski definition) is 0. The van der Waals surface area contributed by atoms with Crippen LogP contribution in [0.25, 0.3) is 6.08 Å². The maximum atomic E-state index is 13.4. The summed E-state index contributed by atoms with van der Waals surface area (Å²) in [6.45, 7) is 1.21. The minimum atomic E-state index is -0.500. The average molecular weight is 549 g/mol. The lowest BCUT2D eigenvalue weighted by atomic mass is 10.1. The highest BCUT2D eigenvalue weighted by molar-refractivity contribution is 9.10. The summed E-state index contributed by atoms with van der Waals surface area (Å²) in [5, 5.41) is -0.470. The molecule has 0 aromatic heterocycles. The van der Waals surface area contributed by atoms with Crippen molar-refractivity contribution in [2.75, 3.05) is 26.7 Å². The van der Waals surface area contributed by atoms with E-state index in [0.717, 1.165) is 29.5 Å². The van der Waals surface area contributed by atoms with E-state index >= 15 is 0 Å². The highest BCUT2D eigenvalue weighted by Gasteiger charge is 2.37. The third-order valence-electron chi connectivity index (χ3n) is 5.48. The molecule has 2 saturated heterocycles. The molecule has 7 nitrogen and oxygen atoms in total. The summed E-state index contributed by atoms with van der Waals surface area (Å²) in [6.07, 6.45) is 3.45. The fourth-order valence-electron chi connectivity index (χ4n) is 3.70. The first-order valence-corrected chi connectivity index (χ1v) is 12.2. The van der Waals surface area contributed by atoms with Gasteiger partial charge in [-0.15, -0.1) is 0 Å². The lowest BCUT2D eigenvalue weighted by Crippen LogP contribution is -2.40. The van der Waals surface area contributed by atoms with Gasteiger partial charge in [-0.3, -0.25) is 19.3 Å². The standard InChI is InChI=1S/C24H22BrFN2O5S/c1-32-19-10-16(18(25)12-20(19)33-14-15-5-4-6-17(26)9-15)11-21-23(30)28(24(31)34-21)13-22(29)27-7-2-3-8-27/h4-6,9-12H,2-3,7-8,13-14H2,1H3/b21-11+. The quantitative estimate of drug-likeness (QED) is 0.461. The van der Waals surface area contributed by atoms with Crippen LogP contribution >= 0.6 is 27.7 Å². The molecule has 178 valence electrons. The molecule has 0 saturated carbocycles. The Morgan fingerprint density at radius 3 is 2.65 bits per heavy atom. The number of carbonyl (C=O) groups is 3. The van der Waals surface area contributed by atoms with Gasteiger partial charge in [0.2, 0.25) is 5.91 Å². The van der Waals surface area contributed by atoms with E-state index in [9.17, 15) is 18.8 Å². The molecular weight excluding hydrogens is 527 g/mol. The molecule has 2 fully saturated rings. The lowest BCUT2D eigenvalue weighted by molar-refractivity contribution is -0.135. The number of nitrogens with zero attached hydrogens (tertiary/aromatic N) is 2. The van der Waals surface area contributed by atoms with Crippen molar-refractivity contribution >= 4 is 50.8 Å². The van der Waals surface area contributed by atoms with Gasteiger partial charge in [0.05, 0.1) is 12.0 Å². The Labute approximate surface area is 209 Å². The average Bonchev–Trinajstić information content (AvgIpc) is 3.44. The van der Waals surface area contributed by atoms with Gasteiger partial charge in [0, 0.05) is 17.6 Å². The van der Waals surface area contributed by atoms with Gasteiger partial charge in [0.15, 0.2) is 11.5 Å². The molecule has 2 aromatic carbocycles. The summed E-state index contributed by atoms with van der Waals surface area (Å²) in [7, 11) is 1.49. The molecule has 0 aliphatic carbocycles. The number of hydrogen-bond acceptors (Lipinski definition) is 6. The summed E-state index contributed by atoms with van der Waals surface area (Å²) in [5.41, 5.74) is 1.27. The molecule has 10 heteroatoms. The molecule has 3 amide bonds. The van der Waals surface area contributed by atoms with Crippen molar-refractivity contribution in [3.05, 3.63) is 62.7 Å². The first kappa shape index (κ1) is 24.3. The topological polar surface area (TPSA) is 76.2 Å². The van der Waals surface area contributed by atoms with Crippen LogP contribution in [0.3, 0.4) is 0 Å². The molecule has 0 unspecified atom stereocenters. The molecular formula is C24H22BrFN2O5S. The van der Waals surface area contributed by atoms with Crippen molar-refractivity contribution in [1.29, 1.82) is 0 Å². The number of likely N-dealkylation sites (tertiary alicyclic amines) is 1. The van der Waals surface area contributed by atoms with Gasteiger partial charge in [0.1, 0.15) is 19.0 Å². The van der Waals surface area contributed by atoms with Crippen LogP contribution in [0.15, 0.2) is 45.8 Å². The molecule has 2 aromatic rings. The zero-order chi connectivity index (χ0) is 24.2. The first-order valence-electron chi connectivity index (χ1n) is 10.6. The summed E-state index contributed by atoms with van der Waals surface area (Å²) in [6, 6.07) is 9.47. The first-order chi connectivity index (χ1) is 16.4. The van der Waals surface area contributed by atoms with E-state index in [0.29, 0.717) is 40.2 Å². The van der Waals surface area contributed by atoms with Crippen LogP contribution in [-0.4, -0.2) is 53.6 Å². The molecule has 0 atom stereocenters. The Morgan fingerprint density at radius 1 is 1.18 bits per heavy atom. The van der Waals surface area contributed by atoms with Gasteiger partial charge in [-0.05, 0) is 66.1 Å². The molecule has 2 aliphatic heterocycles. The Balaban J connectivity index is 1.50. The fraction of sp³-hybridized carbons (Fsp3) is 0.292. The third kappa shape index (κ3) is 5.44. The van der Waals surface area contributed by atoms with Crippen molar-refractivity contribution < 1.29 is 28.2 Å². The fourth-order valence-corrected chi connectivity index (χ4v) is 4.97. The number of imide groups is 1. The molecule has 0 spiro atoms. The van der Waals surface area contributed by atoms with Crippen LogP contribution in [0.4, 0.5) is 9.18 Å². The predicted octanol–water partition coefficient (Wildman–Crippen LogP) is 4.83. The highest BCUT2D eigenvalue weighted by atomic mass is 79.9. The van der Waals surface area contributed by atoms with E-state index in [4.69, 9.17) is 9.47 Å². The number of ether oxygens (including phenoxy) is 2. The normalized spacial score (nSPS) is 17.1. The number of thioether (sulfide) groups is 1. The van der Waals surface area contributed by atoms with Gasteiger partial charge in [-0.2, -0.15) is 0 Å². The van der Waals surface area contributed by atoms with Crippen LogP contribution in [0.1, 0.15) is 24.0 Å². The lowest BCUT2D eigenvalue weighted by Gasteiger charge is -2.18. The van der Waals surface area contributed by atoms with E-state index in [1.165, 1.54) is 19.2 Å². The maximum absolute atomic E-state index is 13.4. The van der Waals surface area contributed by atoms with Crippen LogP contribution in [0.2, 0.25) is 0 Å². The monoisotopic (exact) mass is 548 g/mol. The van der Waals surface area contributed by atoms with E-state index in [2.05, 4.69) is 15.9 Å². The highest BCUT2D eigenvalue weighted by Crippen LogP contribution is 2.38. The molecule has 2 aliphatic rings. The molecule has 0 radical (unpaired) electrons. The number of carbonyl (C=O) groups excluding carboxylic acids is 3. The molecule has 0 N–H and O–H groups in total. The smallest absolute Gasteiger partial charge is 0.294 e. The van der Waals surface area contributed by atoms with Crippen LogP contribution in [-0.2, 0) is 16.2 Å². The number of rotatable bonds is 7. The SMILES string of the molecule is COc1cc(/C=C2/SC(=O)N(CC(=O)N3CCCC3)C2=O)c(Br)cc1OCc1cccc(F)c1. The van der Waals surface area contributed by atoms with E-state index in [1.54, 1.807) is 35.2 Å². The third-order valence-corrected chi connectivity index (χ3v) is 7.07. The molecule has 2 heterocycles. The zero-order valence-corrected chi connectivity index (χ0v) is 20.8. The van der Waals surface area contributed by atoms with Crippen molar-refractivity contribution in [3.8, 4) is 11.5 Å². The number of benzene rings is 2. The maximum Gasteiger partial charge on any atom is 0.294 e. The second-order valence-corrected chi connectivity index (χ2v) is 9.65. The van der Waals surface area contributed by atoms with Crippen molar-refractivity contribution in [2.45, 2.75) is 19.4 Å². The van der Waals surface area contributed by atoms with E-state index in [-0.39, 0.29) is 29.8 Å². The van der Waals surface area contributed by atoms with E-state index in [1.807, 2.05) is 0 Å². The minimum Gasteiger partial charge on any atom is -0.493 e. The van der Waals surface area contributed by atoms with Crippen molar-refractivity contribution in [1.82, 2.24) is 9.80 Å². The summed E-state index contributed by atoms with van der Waals surface area (Å²) in [4.78, 5) is 40.5. The number of halogens is 2. The van der Waals surface area contributed by atoms with Crippen LogP contribution in [0.5, 0.6) is 11.5 Å². The van der Waals surface area contributed by atoms with Gasteiger partial charge < -0.3 is 14.4 Å². The minimum absolute atomic E-state index is 0.143. The summed E-state index contributed by atoms with van der Waals surface area (Å²) >= 11 is 4.27. The Morgan fingerprint density at radius 2 is 1.94 bits per heavy atom. The summed E-state index contributed by atoms with van der Waals surface area (Å²) < 4.78 is 25.3. The van der Waals surface area contributed by atoms with Crippen LogP contribution < -0.4 is 9.47 Å². The Bertz CT molecular complexity index is 1170. The van der Waals surface area contributed by atoms with Gasteiger partial charge in [-0.25, -0.2) is 4.39 Å². The predicted molar refractivity (Wildman–Crippen MR) is 130 cm³/mol. The summed E-state index contributed by atoms with van der Waals surface area (Å²) in [5.74, 6) is -0.224. The number of methoxy groups -OCH3 is 1. The van der Waals surface area contributed by atoms with E-state index < -0.39 is 11.1 Å². The Kier molecular flexibility index (Phi) is 7.57. The van der Waals surface area contributed by atoms with Gasteiger partial charge in [-0.1, -0.05) is 28.1 Å². The largest absolute Gasteiger partial charge is 0.493 e. The second kappa shape index (κ2) is 10.6. The van der Waals surface area contributed by atoms with Crippen LogP contribution in [0, 0.1) is 5.82 Å². The zero-order valence-electron chi connectivity index (χ0n) is 18.4. The van der Waals surface area contributed by atoms with Gasteiger partial charge in [0.25, 0.3) is 11.1 Å². The molecule has 34 heavy (non-hydrogen) atoms. The number of amides is 3. The molecule has 4 rings (SSSR count). The second-order valence-electron chi connectivity index (χ2n) is 7.80. The van der Waals surface area contributed by atoms with Crippen molar-refractivity contribution in [2.24, 2.45) is 0 Å². The Hall–Kier alpha value is -2.85.